The van der Waals surface area contributed by atoms with Crippen LogP contribution in [0.5, 0.6) is 5.75 Å². The maximum atomic E-state index is 12.0. The van der Waals surface area contributed by atoms with E-state index in [9.17, 15) is 14.4 Å². The number of carbonyl (C=O) groups excluding carboxylic acids is 3. The molecule has 0 aliphatic heterocycles. The first-order valence-corrected chi connectivity index (χ1v) is 8.87. The van der Waals surface area contributed by atoms with Crippen LogP contribution in [0.15, 0.2) is 28.7 Å². The van der Waals surface area contributed by atoms with E-state index in [0.717, 1.165) is 23.2 Å². The van der Waals surface area contributed by atoms with Gasteiger partial charge in [0.05, 0.1) is 23.1 Å². The minimum Gasteiger partial charge on any atom is -0.479 e. The molecule has 2 aromatic rings. The van der Waals surface area contributed by atoms with Crippen molar-refractivity contribution in [3.05, 3.63) is 39.2 Å². The fourth-order valence-corrected chi connectivity index (χ4v) is 3.99. The Morgan fingerprint density at radius 1 is 1.32 bits per heavy atom. The molecule has 6 nitrogen and oxygen atoms in total. The van der Waals surface area contributed by atoms with Crippen molar-refractivity contribution in [3.63, 3.8) is 0 Å². The lowest BCUT2D eigenvalue weighted by Gasteiger charge is -2.07. The molecule has 0 radical (unpaired) electrons. The number of methoxy groups -OCH3 is 1. The summed E-state index contributed by atoms with van der Waals surface area (Å²) in [6.07, 6.45) is 0.740. The molecular formula is C17H15BrO6S. The molecule has 0 aliphatic rings. The molecule has 8 heteroatoms. The molecule has 132 valence electrons. The number of hydrogen-bond acceptors (Lipinski definition) is 7. The molecular weight excluding hydrogens is 412 g/mol. The van der Waals surface area contributed by atoms with E-state index in [-0.39, 0.29) is 23.8 Å². The second-order valence-corrected chi connectivity index (χ2v) is 6.55. The standard InChI is InChI=1S/C17H15BrO6S/c1-3-23-12(20)9-24-14-13(18)15(25-16(14)17(21)22-2)11-6-4-5-10(7-11)8-19/h4-8H,3,9H2,1-2H3. The molecule has 0 spiro atoms. The number of halogens is 1. The minimum absolute atomic E-state index is 0.205. The van der Waals surface area contributed by atoms with Gasteiger partial charge in [0, 0.05) is 5.56 Å². The summed E-state index contributed by atoms with van der Waals surface area (Å²) in [5, 5.41) is 0. The third kappa shape index (κ3) is 4.46. The van der Waals surface area contributed by atoms with Crippen molar-refractivity contribution in [2.24, 2.45) is 0 Å². The molecule has 0 fully saturated rings. The lowest BCUT2D eigenvalue weighted by molar-refractivity contribution is -0.145. The van der Waals surface area contributed by atoms with E-state index in [0.29, 0.717) is 14.9 Å². The molecule has 1 heterocycles. The Hall–Kier alpha value is -2.19. The van der Waals surface area contributed by atoms with Crippen LogP contribution >= 0.6 is 27.3 Å². The lowest BCUT2D eigenvalue weighted by Crippen LogP contribution is -2.15. The maximum absolute atomic E-state index is 12.0. The zero-order chi connectivity index (χ0) is 18.4. The summed E-state index contributed by atoms with van der Waals surface area (Å²) in [6.45, 7) is 1.60. The van der Waals surface area contributed by atoms with Crippen molar-refractivity contribution >= 4 is 45.5 Å². The van der Waals surface area contributed by atoms with E-state index in [1.54, 1.807) is 31.2 Å². The number of ether oxygens (including phenoxy) is 3. The first-order valence-electron chi connectivity index (χ1n) is 7.26. The maximum Gasteiger partial charge on any atom is 0.351 e. The predicted octanol–water partition coefficient (Wildman–Crippen LogP) is 3.72. The van der Waals surface area contributed by atoms with E-state index < -0.39 is 11.9 Å². The summed E-state index contributed by atoms with van der Waals surface area (Å²) in [5.74, 6) is -0.917. The number of thiophene rings is 1. The van der Waals surface area contributed by atoms with Gasteiger partial charge in [-0.3, -0.25) is 4.79 Å². The van der Waals surface area contributed by atoms with Crippen molar-refractivity contribution in [3.8, 4) is 16.2 Å². The van der Waals surface area contributed by atoms with E-state index in [1.807, 2.05) is 0 Å². The molecule has 0 saturated carbocycles. The first kappa shape index (κ1) is 19.1. The third-order valence-corrected chi connectivity index (χ3v) is 5.32. The minimum atomic E-state index is -0.581. The molecule has 0 unspecified atom stereocenters. The summed E-state index contributed by atoms with van der Waals surface area (Å²) >= 11 is 4.55. The number of benzene rings is 1. The fourth-order valence-electron chi connectivity index (χ4n) is 2.02. The van der Waals surface area contributed by atoms with Gasteiger partial charge in [0.15, 0.2) is 17.2 Å². The molecule has 0 N–H and O–H groups in total. The first-order chi connectivity index (χ1) is 12.0. The van der Waals surface area contributed by atoms with Crippen LogP contribution in [-0.4, -0.2) is 38.5 Å². The van der Waals surface area contributed by atoms with Crippen LogP contribution in [0.25, 0.3) is 10.4 Å². The lowest BCUT2D eigenvalue weighted by atomic mass is 10.1. The van der Waals surface area contributed by atoms with Crippen molar-refractivity contribution < 1.29 is 28.6 Å². The van der Waals surface area contributed by atoms with Gasteiger partial charge in [-0.25, -0.2) is 9.59 Å². The zero-order valence-corrected chi connectivity index (χ0v) is 15.9. The van der Waals surface area contributed by atoms with Crippen LogP contribution in [0.2, 0.25) is 0 Å². The highest BCUT2D eigenvalue weighted by molar-refractivity contribution is 9.10. The average Bonchev–Trinajstić information content (AvgIpc) is 2.96. The third-order valence-electron chi connectivity index (χ3n) is 3.10. The highest BCUT2D eigenvalue weighted by atomic mass is 79.9. The second-order valence-electron chi connectivity index (χ2n) is 4.73. The smallest absolute Gasteiger partial charge is 0.351 e. The molecule has 1 aromatic heterocycles. The number of aldehydes is 1. The van der Waals surface area contributed by atoms with Gasteiger partial charge in [-0.15, -0.1) is 11.3 Å². The summed E-state index contributed by atoms with van der Waals surface area (Å²) in [6, 6.07) is 6.92. The second kappa shape index (κ2) is 8.77. The van der Waals surface area contributed by atoms with Gasteiger partial charge >= 0.3 is 11.9 Å². The molecule has 25 heavy (non-hydrogen) atoms. The van der Waals surface area contributed by atoms with Gasteiger partial charge in [0.2, 0.25) is 0 Å². The normalized spacial score (nSPS) is 10.2. The number of hydrogen-bond donors (Lipinski definition) is 0. The Morgan fingerprint density at radius 2 is 2.08 bits per heavy atom. The monoisotopic (exact) mass is 426 g/mol. The average molecular weight is 427 g/mol. The Bertz CT molecular complexity index is 798. The Labute approximate surface area is 156 Å². The fraction of sp³-hybridized carbons (Fsp3) is 0.235. The van der Waals surface area contributed by atoms with E-state index >= 15 is 0 Å². The SMILES string of the molecule is CCOC(=O)COc1c(C(=O)OC)sc(-c2cccc(C=O)c2)c1Br. The quantitative estimate of drug-likeness (QED) is 0.495. The predicted molar refractivity (Wildman–Crippen MR) is 96.3 cm³/mol. The van der Waals surface area contributed by atoms with Crippen LogP contribution in [0.3, 0.4) is 0 Å². The largest absolute Gasteiger partial charge is 0.479 e. The van der Waals surface area contributed by atoms with Crippen LogP contribution < -0.4 is 4.74 Å². The number of carbonyl (C=O) groups is 3. The molecule has 0 aliphatic carbocycles. The van der Waals surface area contributed by atoms with Crippen molar-refractivity contribution in [2.45, 2.75) is 6.92 Å². The van der Waals surface area contributed by atoms with Gasteiger partial charge in [-0.05, 0) is 34.5 Å². The molecule has 0 amide bonds. The highest BCUT2D eigenvalue weighted by Crippen LogP contribution is 2.46. The van der Waals surface area contributed by atoms with Gasteiger partial charge in [0.1, 0.15) is 6.29 Å². The molecule has 1 aromatic carbocycles. The number of esters is 2. The van der Waals surface area contributed by atoms with Crippen molar-refractivity contribution in [2.75, 3.05) is 20.3 Å². The Morgan fingerprint density at radius 3 is 2.72 bits per heavy atom. The molecule has 2 rings (SSSR count). The molecule has 0 bridgehead atoms. The van der Waals surface area contributed by atoms with Gasteiger partial charge in [0.25, 0.3) is 0 Å². The highest BCUT2D eigenvalue weighted by Gasteiger charge is 2.25. The van der Waals surface area contributed by atoms with Crippen LogP contribution in [-0.2, 0) is 14.3 Å². The van der Waals surface area contributed by atoms with Crippen LogP contribution in [0.1, 0.15) is 27.0 Å². The van der Waals surface area contributed by atoms with Gasteiger partial charge in [-0.2, -0.15) is 0 Å². The molecule has 0 saturated heterocycles. The zero-order valence-electron chi connectivity index (χ0n) is 13.5. The van der Waals surface area contributed by atoms with Gasteiger partial charge < -0.3 is 14.2 Å². The summed E-state index contributed by atoms with van der Waals surface area (Å²) < 4.78 is 15.6. The summed E-state index contributed by atoms with van der Waals surface area (Å²) in [5.41, 5.74) is 1.24. The van der Waals surface area contributed by atoms with Crippen LogP contribution in [0, 0.1) is 0 Å². The summed E-state index contributed by atoms with van der Waals surface area (Å²) in [7, 11) is 1.26. The summed E-state index contributed by atoms with van der Waals surface area (Å²) in [4.78, 5) is 35.4. The molecule has 0 atom stereocenters. The van der Waals surface area contributed by atoms with E-state index in [1.165, 1.54) is 7.11 Å². The van der Waals surface area contributed by atoms with Crippen molar-refractivity contribution in [1.29, 1.82) is 0 Å². The van der Waals surface area contributed by atoms with Gasteiger partial charge in [-0.1, -0.05) is 18.2 Å². The van der Waals surface area contributed by atoms with Crippen molar-refractivity contribution in [1.82, 2.24) is 0 Å². The topological polar surface area (TPSA) is 78.9 Å². The van der Waals surface area contributed by atoms with Crippen LogP contribution in [0.4, 0.5) is 0 Å². The van der Waals surface area contributed by atoms with E-state index in [2.05, 4.69) is 15.9 Å². The number of rotatable bonds is 7. The Balaban J connectivity index is 2.43. The van der Waals surface area contributed by atoms with E-state index in [4.69, 9.17) is 14.2 Å². The Kier molecular flexibility index (Phi) is 6.72.